The average molecular weight is 2040 g/mol. The fraction of sp³-hybridized carbons (Fsp3) is 0.375. The molecule has 12 aromatic heterocycles. The summed E-state index contributed by atoms with van der Waals surface area (Å²) in [6.45, 7) is 27.0. The molecule has 0 spiro atoms. The van der Waals surface area contributed by atoms with Gasteiger partial charge in [0.05, 0.1) is 142 Å². The van der Waals surface area contributed by atoms with Crippen LogP contribution < -0.4 is 10.6 Å². The summed E-state index contributed by atoms with van der Waals surface area (Å²) in [7, 11) is 0. The summed E-state index contributed by atoms with van der Waals surface area (Å²) in [5.41, 5.74) is 10.8. The van der Waals surface area contributed by atoms with Crippen LogP contribution in [0.25, 0.3) is 90.7 Å². The summed E-state index contributed by atoms with van der Waals surface area (Å²) in [6.07, 6.45) is 25.0. The van der Waals surface area contributed by atoms with Gasteiger partial charge in [-0.3, -0.25) is 14.3 Å². The van der Waals surface area contributed by atoms with Gasteiger partial charge in [-0.1, -0.05) is 93.5 Å². The number of rotatable bonds is 24. The number of hydrogen-bond donors (Lipinski definition) is 6. The minimum atomic E-state index is -0.663. The molecule has 768 valence electrons. The van der Waals surface area contributed by atoms with Crippen LogP contribution in [0.15, 0.2) is 196 Å². The fourth-order valence-corrected chi connectivity index (χ4v) is 25.4. The van der Waals surface area contributed by atoms with Crippen molar-refractivity contribution in [1.29, 1.82) is 0 Å². The summed E-state index contributed by atoms with van der Waals surface area (Å²) in [6, 6.07) is 32.0. The highest BCUT2D eigenvalue weighted by Gasteiger charge is 2.69. The number of hydrogen-bond acceptors (Lipinski definition) is 28. The van der Waals surface area contributed by atoms with E-state index in [9.17, 15) is 55.5 Å². The second-order valence-corrected chi connectivity index (χ2v) is 43.0. The Hall–Kier alpha value is -15.0. The van der Waals surface area contributed by atoms with Gasteiger partial charge < -0.3 is 31.1 Å². The average Bonchev–Trinajstić information content (AvgIpc) is 1.53. The molecule has 4 aromatic carbocycles. The van der Waals surface area contributed by atoms with E-state index in [1.807, 2.05) is 68.7 Å². The maximum Gasteiger partial charge on any atom is 0.222 e. The lowest BCUT2D eigenvalue weighted by Crippen LogP contribution is -2.38. The van der Waals surface area contributed by atoms with Crippen LogP contribution in [0.3, 0.4) is 0 Å². The molecule has 8 bridgehead atoms. The van der Waals surface area contributed by atoms with Crippen molar-refractivity contribution in [2.75, 3.05) is 36.9 Å². The van der Waals surface area contributed by atoms with Crippen molar-refractivity contribution < 1.29 is 55.5 Å². The molecule has 8 aliphatic carbocycles. The molecular formula is C112H110F8N26O4. The van der Waals surface area contributed by atoms with Crippen molar-refractivity contribution in [2.45, 2.75) is 205 Å². The highest BCUT2D eigenvalue weighted by Crippen LogP contribution is 2.74. The zero-order valence-electron chi connectivity index (χ0n) is 84.5. The van der Waals surface area contributed by atoms with E-state index in [2.05, 4.69) is 157 Å². The van der Waals surface area contributed by atoms with Gasteiger partial charge in [0.2, 0.25) is 11.9 Å². The second-order valence-electron chi connectivity index (χ2n) is 43.0. The van der Waals surface area contributed by atoms with Gasteiger partial charge in [-0.2, -0.15) is 30.6 Å². The van der Waals surface area contributed by atoms with E-state index in [1.54, 1.807) is 91.1 Å². The SMILES string of the molecule is C[C@@H](CO)Cn1ccc(-c2nccc([C@@]34CC[C@@H](c5cc(-c6c(F)cccc6F)nnc53)C4(C)C)n2)n1.C[C@H](CO)Cn1ccc(-c2nccc([C@@]34CC[C@@H](c5cc(-c6c(F)cccc6F)nnc53)C4(C)C)n2)n1.C[C@H](O)CNc1ncc(-c2cncc([C@@]34CC[C@@H](c5cc(-c6c(F)cccc6F)nnc53)C4(C)C)n2)cn1.C[C@H](O)CNc1ncc(-c2nccc([C@@]34CC[C@@H](c5cc(-c6c(F)cccc6F)nnc53)C4(C)C)n2)cn1. The number of aromatic nitrogens is 24. The van der Waals surface area contributed by atoms with E-state index >= 15 is 0 Å². The number of halogens is 8. The first-order valence-electron chi connectivity index (χ1n) is 50.4. The van der Waals surface area contributed by atoms with Gasteiger partial charge in [-0.15, -0.1) is 20.4 Å². The van der Waals surface area contributed by atoms with E-state index in [4.69, 9.17) is 19.9 Å². The molecule has 6 N–H and O–H groups in total. The number of benzene rings is 4. The predicted octanol–water partition coefficient (Wildman–Crippen LogP) is 19.1. The van der Waals surface area contributed by atoms with Crippen LogP contribution in [0.4, 0.5) is 47.0 Å². The zero-order valence-corrected chi connectivity index (χ0v) is 84.5. The van der Waals surface area contributed by atoms with Crippen molar-refractivity contribution >= 4 is 11.9 Å². The third-order valence-corrected chi connectivity index (χ3v) is 33.1. The quantitative estimate of drug-likeness (QED) is 0.0306. The monoisotopic (exact) mass is 2030 g/mol. The van der Waals surface area contributed by atoms with E-state index in [0.717, 1.165) is 119 Å². The first kappa shape index (κ1) is 101. The standard InChI is InChI=1S/2C28H27F2N7O.2C28H28F2N6O/c1-15(38)12-32-26-33-13-16(14-34-26)25-31-10-8-22(35-25)28-9-7-18(27(28,2)3)17-11-21(36-37-24(17)28)23-19(29)5-4-6-20(23)30;1-15(38)10-32-26-33-11-16(12-34-26)22-13-31-14-23(35-22)28-8-7-18(27(28,2)3)17-9-21(36-37-25(17)28)24-19(29)5-4-6-20(24)30;2*1-16(15-37)14-36-12-9-21(35-36)26-31-11-8-23(32-26)28-10-7-18(27(28,2)3)17-13-22(33-34-25(17)28)24-19(29)5-4-6-20(24)30/h4-6,8,10-11,13-15,18,38H,7,9,12H2,1-3H3,(H,32,33,34);4-6,9,11-15,18,38H,7-8,10H2,1-3H3,(H,32,33,34);2*4-6,8-9,11-13,16,18,37H,7,10,14-15H2,1-3H3/t2*15-,18-,28-;16-,18+,28+;16-,18-,28-/m0010/s1. The molecule has 12 atom stereocenters. The highest BCUT2D eigenvalue weighted by atomic mass is 19.2. The Morgan fingerprint density at radius 1 is 0.333 bits per heavy atom. The number of nitrogens with one attached hydrogen (secondary N) is 2. The van der Waals surface area contributed by atoms with Gasteiger partial charge in [-0.05, 0) is 248 Å². The van der Waals surface area contributed by atoms with Crippen LogP contribution in [0, 0.1) is 80.0 Å². The molecule has 0 saturated heterocycles. The van der Waals surface area contributed by atoms with Crippen LogP contribution >= 0.6 is 0 Å². The van der Waals surface area contributed by atoms with Gasteiger partial charge in [0.15, 0.2) is 17.5 Å². The Morgan fingerprint density at radius 2 is 0.627 bits per heavy atom. The lowest BCUT2D eigenvalue weighted by molar-refractivity contribution is 0.207. The zero-order chi connectivity index (χ0) is 105. The number of aliphatic hydroxyl groups excluding tert-OH is 4. The number of fused-ring (bicyclic) bond motifs is 20. The maximum absolute atomic E-state index is 14.5. The summed E-state index contributed by atoms with van der Waals surface area (Å²) in [4.78, 5) is 55.2. The molecule has 0 radical (unpaired) electrons. The van der Waals surface area contributed by atoms with Gasteiger partial charge in [0.25, 0.3) is 0 Å². The van der Waals surface area contributed by atoms with E-state index < -0.39 is 80.4 Å². The molecule has 24 rings (SSSR count). The van der Waals surface area contributed by atoms with Crippen molar-refractivity contribution in [3.8, 4) is 90.7 Å². The van der Waals surface area contributed by atoms with Crippen molar-refractivity contribution in [2.24, 2.45) is 33.5 Å². The maximum atomic E-state index is 14.5. The molecule has 0 unspecified atom stereocenters. The third-order valence-electron chi connectivity index (χ3n) is 33.1. The molecule has 30 nitrogen and oxygen atoms in total. The molecule has 150 heavy (non-hydrogen) atoms. The molecule has 0 aliphatic heterocycles. The second kappa shape index (κ2) is 38.8. The van der Waals surface area contributed by atoms with Crippen LogP contribution in [-0.4, -0.2) is 179 Å². The molecule has 4 saturated carbocycles. The van der Waals surface area contributed by atoms with Gasteiger partial charge >= 0.3 is 0 Å². The van der Waals surface area contributed by atoms with Crippen LogP contribution in [0.1, 0.15) is 226 Å². The Bertz CT molecular complexity index is 7340. The molecule has 8 aliphatic rings. The largest absolute Gasteiger partial charge is 0.396 e. The predicted molar refractivity (Wildman–Crippen MR) is 541 cm³/mol. The molecular weight excluding hydrogens is 1930 g/mol. The number of aliphatic hydroxyl groups is 4. The lowest BCUT2D eigenvalue weighted by Gasteiger charge is -2.37. The Morgan fingerprint density at radius 3 is 0.933 bits per heavy atom. The van der Waals surface area contributed by atoms with Crippen LogP contribution in [0.2, 0.25) is 0 Å². The summed E-state index contributed by atoms with van der Waals surface area (Å²) >= 11 is 0. The third kappa shape index (κ3) is 16.7. The molecule has 4 fully saturated rings. The smallest absolute Gasteiger partial charge is 0.222 e. The van der Waals surface area contributed by atoms with Gasteiger partial charge in [0.1, 0.15) is 57.9 Å². The molecule has 0 amide bonds. The Kier molecular flexibility index (Phi) is 26.1. The van der Waals surface area contributed by atoms with E-state index in [0.29, 0.717) is 83.8 Å². The molecule has 38 heteroatoms. The number of nitrogens with zero attached hydrogens (tertiary/aromatic N) is 24. The highest BCUT2D eigenvalue weighted by molar-refractivity contribution is 5.71. The Balaban J connectivity index is 0.000000117. The van der Waals surface area contributed by atoms with E-state index in [-0.39, 0.29) is 115 Å². The topological polar surface area (TPSA) is 398 Å². The number of anilines is 2. The minimum absolute atomic E-state index is 0.0889. The summed E-state index contributed by atoms with van der Waals surface area (Å²) in [5, 5.41) is 88.4. The summed E-state index contributed by atoms with van der Waals surface area (Å²) < 4.78 is 120. The lowest BCUT2D eigenvalue weighted by atomic mass is 9.66. The Labute approximate surface area is 859 Å². The van der Waals surface area contributed by atoms with Crippen molar-refractivity contribution in [3.63, 3.8) is 0 Å². The first-order valence-corrected chi connectivity index (χ1v) is 50.4. The summed E-state index contributed by atoms with van der Waals surface area (Å²) in [5.74, 6) is -2.14. The first-order chi connectivity index (χ1) is 72.0. The van der Waals surface area contributed by atoms with Crippen molar-refractivity contribution in [1.82, 2.24) is 120 Å². The fourth-order valence-electron chi connectivity index (χ4n) is 25.4. The van der Waals surface area contributed by atoms with Gasteiger partial charge in [-0.25, -0.2) is 89.9 Å². The van der Waals surface area contributed by atoms with Gasteiger partial charge in [0, 0.05) is 107 Å². The molecule has 12 heterocycles. The van der Waals surface area contributed by atoms with Crippen LogP contribution in [0.5, 0.6) is 0 Å². The van der Waals surface area contributed by atoms with Crippen LogP contribution in [-0.2, 0) is 34.7 Å². The van der Waals surface area contributed by atoms with E-state index in [1.165, 1.54) is 72.8 Å². The van der Waals surface area contributed by atoms with Crippen molar-refractivity contribution in [3.05, 3.63) is 310 Å². The normalized spacial score (nSPS) is 22.0. The minimum Gasteiger partial charge on any atom is -0.396 e. The molecule has 16 aromatic rings.